The summed E-state index contributed by atoms with van der Waals surface area (Å²) in [6, 6.07) is 2.38. The lowest BCUT2D eigenvalue weighted by Gasteiger charge is -2.36. The second kappa shape index (κ2) is 7.18. The Hall–Kier alpha value is -1.20. The van der Waals surface area contributed by atoms with Crippen LogP contribution in [0, 0.1) is 5.92 Å². The zero-order valence-corrected chi connectivity index (χ0v) is 14.1. The maximum Gasteiger partial charge on any atom is 0.149 e. The molecule has 0 bridgehead atoms. The number of hydrogen-bond donors (Lipinski definition) is 1. The SMILES string of the molecule is CCNc1cc(CC(C)C)nc(C2CN(C)CCN2C)n1. The number of anilines is 1. The van der Waals surface area contributed by atoms with E-state index < -0.39 is 0 Å². The average Bonchev–Trinajstić information content (AvgIpc) is 2.41. The van der Waals surface area contributed by atoms with E-state index in [1.54, 1.807) is 0 Å². The monoisotopic (exact) mass is 291 g/mol. The van der Waals surface area contributed by atoms with Crippen molar-refractivity contribution in [2.24, 2.45) is 5.92 Å². The van der Waals surface area contributed by atoms with Crippen molar-refractivity contribution in [3.63, 3.8) is 0 Å². The molecule has 1 unspecified atom stereocenters. The molecule has 118 valence electrons. The summed E-state index contributed by atoms with van der Waals surface area (Å²) in [6.45, 7) is 10.6. The van der Waals surface area contributed by atoms with Crippen molar-refractivity contribution >= 4 is 5.82 Å². The second-order valence-electron chi connectivity index (χ2n) is 6.49. The maximum atomic E-state index is 4.84. The quantitative estimate of drug-likeness (QED) is 0.899. The van der Waals surface area contributed by atoms with E-state index in [-0.39, 0.29) is 6.04 Å². The van der Waals surface area contributed by atoms with E-state index in [4.69, 9.17) is 9.97 Å². The molecule has 0 aromatic carbocycles. The Morgan fingerprint density at radius 2 is 2.05 bits per heavy atom. The summed E-state index contributed by atoms with van der Waals surface area (Å²) in [4.78, 5) is 14.3. The number of rotatable bonds is 5. The third-order valence-corrected chi connectivity index (χ3v) is 3.92. The van der Waals surface area contributed by atoms with E-state index >= 15 is 0 Å². The van der Waals surface area contributed by atoms with Crippen LogP contribution in [0.3, 0.4) is 0 Å². The summed E-state index contributed by atoms with van der Waals surface area (Å²) in [7, 11) is 4.34. The van der Waals surface area contributed by atoms with Crippen LogP contribution in [0.25, 0.3) is 0 Å². The van der Waals surface area contributed by atoms with Gasteiger partial charge in [0, 0.05) is 37.9 Å². The molecule has 1 aromatic rings. The molecule has 0 spiro atoms. The molecule has 1 aromatic heterocycles. The predicted octanol–water partition coefficient (Wildman–Crippen LogP) is 2.03. The third kappa shape index (κ3) is 4.38. The lowest BCUT2D eigenvalue weighted by atomic mass is 10.1. The van der Waals surface area contributed by atoms with Gasteiger partial charge >= 0.3 is 0 Å². The van der Waals surface area contributed by atoms with Crippen molar-refractivity contribution in [1.29, 1.82) is 0 Å². The van der Waals surface area contributed by atoms with Gasteiger partial charge in [-0.15, -0.1) is 0 Å². The molecule has 2 rings (SSSR count). The van der Waals surface area contributed by atoms with E-state index in [0.717, 1.165) is 49.9 Å². The Morgan fingerprint density at radius 3 is 2.71 bits per heavy atom. The van der Waals surface area contributed by atoms with E-state index in [1.807, 2.05) is 0 Å². The second-order valence-corrected chi connectivity index (χ2v) is 6.49. The fourth-order valence-corrected chi connectivity index (χ4v) is 2.75. The van der Waals surface area contributed by atoms with Crippen molar-refractivity contribution < 1.29 is 0 Å². The van der Waals surface area contributed by atoms with Crippen molar-refractivity contribution in [2.45, 2.75) is 33.2 Å². The van der Waals surface area contributed by atoms with Gasteiger partial charge in [-0.1, -0.05) is 13.8 Å². The summed E-state index contributed by atoms with van der Waals surface area (Å²) >= 11 is 0. The van der Waals surface area contributed by atoms with Gasteiger partial charge in [0.15, 0.2) is 0 Å². The molecule has 21 heavy (non-hydrogen) atoms. The average molecular weight is 291 g/mol. The largest absolute Gasteiger partial charge is 0.370 e. The van der Waals surface area contributed by atoms with Crippen LogP contribution in [0.5, 0.6) is 0 Å². The van der Waals surface area contributed by atoms with Gasteiger partial charge in [0.2, 0.25) is 0 Å². The number of piperazine rings is 1. The van der Waals surface area contributed by atoms with Gasteiger partial charge in [-0.2, -0.15) is 0 Å². The summed E-state index contributed by atoms with van der Waals surface area (Å²) in [5.74, 6) is 2.52. The molecule has 1 N–H and O–H groups in total. The number of nitrogens with one attached hydrogen (secondary N) is 1. The van der Waals surface area contributed by atoms with Gasteiger partial charge in [-0.25, -0.2) is 9.97 Å². The minimum absolute atomic E-state index is 0.285. The Balaban J connectivity index is 2.29. The van der Waals surface area contributed by atoms with Gasteiger partial charge < -0.3 is 10.2 Å². The molecule has 0 aliphatic carbocycles. The Bertz CT molecular complexity index is 460. The Labute approximate surface area is 128 Å². The molecule has 2 heterocycles. The Kier molecular flexibility index (Phi) is 5.53. The molecule has 1 saturated heterocycles. The first-order valence-corrected chi connectivity index (χ1v) is 8.00. The van der Waals surface area contributed by atoms with E-state index in [9.17, 15) is 0 Å². The molecule has 5 heteroatoms. The molecule has 0 radical (unpaired) electrons. The van der Waals surface area contributed by atoms with Crippen molar-refractivity contribution in [3.05, 3.63) is 17.6 Å². The van der Waals surface area contributed by atoms with Crippen LogP contribution in [0.2, 0.25) is 0 Å². The zero-order valence-electron chi connectivity index (χ0n) is 14.1. The number of aromatic nitrogens is 2. The van der Waals surface area contributed by atoms with Crippen molar-refractivity contribution in [2.75, 3.05) is 45.6 Å². The first-order valence-electron chi connectivity index (χ1n) is 8.00. The van der Waals surface area contributed by atoms with Crippen LogP contribution in [-0.4, -0.2) is 60.0 Å². The lowest BCUT2D eigenvalue weighted by molar-refractivity contribution is 0.109. The van der Waals surface area contributed by atoms with Crippen LogP contribution in [0.1, 0.15) is 38.3 Å². The molecule has 5 nitrogen and oxygen atoms in total. The molecule has 1 aliphatic rings. The van der Waals surface area contributed by atoms with E-state index in [1.165, 1.54) is 0 Å². The van der Waals surface area contributed by atoms with Gasteiger partial charge in [-0.05, 0) is 33.4 Å². The smallest absolute Gasteiger partial charge is 0.149 e. The highest BCUT2D eigenvalue weighted by atomic mass is 15.3. The fraction of sp³-hybridized carbons (Fsp3) is 0.750. The van der Waals surface area contributed by atoms with Crippen LogP contribution >= 0.6 is 0 Å². The van der Waals surface area contributed by atoms with E-state index in [2.05, 4.69) is 56.0 Å². The van der Waals surface area contributed by atoms with Gasteiger partial charge in [0.05, 0.1) is 6.04 Å². The molecule has 0 amide bonds. The number of nitrogens with zero attached hydrogens (tertiary/aromatic N) is 4. The number of hydrogen-bond acceptors (Lipinski definition) is 5. The van der Waals surface area contributed by atoms with Gasteiger partial charge in [-0.3, -0.25) is 4.90 Å². The lowest BCUT2D eigenvalue weighted by Crippen LogP contribution is -2.45. The normalized spacial score (nSPS) is 21.0. The number of likely N-dealkylation sites (N-methyl/N-ethyl adjacent to an activating group) is 2. The summed E-state index contributed by atoms with van der Waals surface area (Å²) in [5, 5.41) is 3.34. The predicted molar refractivity (Wildman–Crippen MR) is 87.6 cm³/mol. The molecule has 1 fully saturated rings. The van der Waals surface area contributed by atoms with Crippen LogP contribution in [0.4, 0.5) is 5.82 Å². The van der Waals surface area contributed by atoms with Crippen molar-refractivity contribution in [3.8, 4) is 0 Å². The minimum Gasteiger partial charge on any atom is -0.370 e. The molecule has 1 atom stereocenters. The summed E-state index contributed by atoms with van der Waals surface area (Å²) < 4.78 is 0. The minimum atomic E-state index is 0.285. The standard InChI is InChI=1S/C16H29N5/c1-6-17-15-10-13(9-12(2)3)18-16(19-15)14-11-20(4)7-8-21(14)5/h10,12,14H,6-9,11H2,1-5H3,(H,17,18,19). The van der Waals surface area contributed by atoms with E-state index in [0.29, 0.717) is 5.92 Å². The molecule has 0 saturated carbocycles. The summed E-state index contributed by atoms with van der Waals surface area (Å²) in [5.41, 5.74) is 1.15. The molecule has 1 aliphatic heterocycles. The zero-order chi connectivity index (χ0) is 15.4. The maximum absolute atomic E-state index is 4.84. The highest BCUT2D eigenvalue weighted by Gasteiger charge is 2.26. The third-order valence-electron chi connectivity index (χ3n) is 3.92. The Morgan fingerprint density at radius 1 is 1.29 bits per heavy atom. The van der Waals surface area contributed by atoms with Crippen LogP contribution < -0.4 is 5.32 Å². The van der Waals surface area contributed by atoms with Gasteiger partial charge in [0.25, 0.3) is 0 Å². The van der Waals surface area contributed by atoms with Gasteiger partial charge in [0.1, 0.15) is 11.6 Å². The fourth-order valence-electron chi connectivity index (χ4n) is 2.75. The first-order chi connectivity index (χ1) is 9.99. The van der Waals surface area contributed by atoms with Crippen LogP contribution in [0.15, 0.2) is 6.07 Å². The summed E-state index contributed by atoms with van der Waals surface area (Å²) in [6.07, 6.45) is 1.00. The van der Waals surface area contributed by atoms with Crippen molar-refractivity contribution in [1.82, 2.24) is 19.8 Å². The molecular weight excluding hydrogens is 262 g/mol. The topological polar surface area (TPSA) is 44.3 Å². The molecular formula is C16H29N5. The first kappa shape index (κ1) is 16.2. The highest BCUT2D eigenvalue weighted by molar-refractivity contribution is 5.36. The van der Waals surface area contributed by atoms with Crippen LogP contribution in [-0.2, 0) is 6.42 Å². The highest BCUT2D eigenvalue weighted by Crippen LogP contribution is 2.23.